The molecule has 2 unspecified atom stereocenters. The van der Waals surface area contributed by atoms with E-state index in [2.05, 4.69) is 15.5 Å². The van der Waals surface area contributed by atoms with Crippen molar-refractivity contribution in [3.05, 3.63) is 36.2 Å². The summed E-state index contributed by atoms with van der Waals surface area (Å²) in [7, 11) is 1.83. The van der Waals surface area contributed by atoms with Crippen LogP contribution in [0.25, 0.3) is 5.69 Å². The van der Waals surface area contributed by atoms with Crippen LogP contribution in [0.15, 0.2) is 30.6 Å². The third-order valence-corrected chi connectivity index (χ3v) is 3.74. The van der Waals surface area contributed by atoms with Crippen molar-refractivity contribution in [1.29, 1.82) is 0 Å². The van der Waals surface area contributed by atoms with Gasteiger partial charge in [-0.1, -0.05) is 19.1 Å². The highest BCUT2D eigenvalue weighted by Crippen LogP contribution is 2.23. The number of hydrogen-bond acceptors (Lipinski definition) is 5. The van der Waals surface area contributed by atoms with Crippen LogP contribution in [0.5, 0.6) is 0 Å². The summed E-state index contributed by atoms with van der Waals surface area (Å²) in [5, 5.41) is 20.4. The average molecular weight is 289 g/mol. The fourth-order valence-corrected chi connectivity index (χ4v) is 2.35. The Balaban J connectivity index is 2.25. The van der Waals surface area contributed by atoms with Gasteiger partial charge in [-0.05, 0) is 48.5 Å². The first-order valence-electron chi connectivity index (χ1n) is 6.82. The lowest BCUT2D eigenvalue weighted by Crippen LogP contribution is -2.39. The molecule has 0 aliphatic heterocycles. The van der Waals surface area contributed by atoms with Gasteiger partial charge >= 0.3 is 5.97 Å². The number of hydrogen-bond donors (Lipinski definition) is 1. The summed E-state index contributed by atoms with van der Waals surface area (Å²) in [4.78, 5) is 13.2. The van der Waals surface area contributed by atoms with Crippen molar-refractivity contribution < 1.29 is 9.90 Å². The second-order valence-corrected chi connectivity index (χ2v) is 4.95. The minimum atomic E-state index is -0.802. The smallest absolute Gasteiger partial charge is 0.320 e. The zero-order valence-corrected chi connectivity index (χ0v) is 12.3. The minimum Gasteiger partial charge on any atom is -0.480 e. The highest BCUT2D eigenvalue weighted by Gasteiger charge is 2.25. The summed E-state index contributed by atoms with van der Waals surface area (Å²) in [5.74, 6) is -0.802. The van der Waals surface area contributed by atoms with E-state index in [1.165, 1.54) is 6.33 Å². The van der Waals surface area contributed by atoms with Crippen LogP contribution in [0.4, 0.5) is 0 Å². The van der Waals surface area contributed by atoms with Crippen molar-refractivity contribution in [3.63, 3.8) is 0 Å². The number of carboxylic acid groups (broad SMARTS) is 1. The Bertz CT molecular complexity index is 599. The van der Waals surface area contributed by atoms with E-state index in [0.717, 1.165) is 11.3 Å². The average Bonchev–Trinajstić information content (AvgIpc) is 3.01. The van der Waals surface area contributed by atoms with Crippen LogP contribution in [-0.2, 0) is 4.79 Å². The molecule has 7 heteroatoms. The lowest BCUT2D eigenvalue weighted by atomic mass is 10.0. The van der Waals surface area contributed by atoms with Crippen LogP contribution in [0.2, 0.25) is 0 Å². The third kappa shape index (κ3) is 3.25. The van der Waals surface area contributed by atoms with E-state index in [-0.39, 0.29) is 6.04 Å². The quantitative estimate of drug-likeness (QED) is 0.868. The number of likely N-dealkylation sites (N-methyl/N-ethyl adjacent to an activating group) is 1. The fourth-order valence-electron chi connectivity index (χ4n) is 2.35. The van der Waals surface area contributed by atoms with E-state index in [9.17, 15) is 9.90 Å². The van der Waals surface area contributed by atoms with Crippen LogP contribution in [0.1, 0.15) is 31.9 Å². The molecule has 0 fully saturated rings. The summed E-state index contributed by atoms with van der Waals surface area (Å²) in [5.41, 5.74) is 1.87. The molecule has 2 atom stereocenters. The van der Waals surface area contributed by atoms with Crippen LogP contribution >= 0.6 is 0 Å². The maximum absolute atomic E-state index is 11.3. The van der Waals surface area contributed by atoms with Gasteiger partial charge in [0.15, 0.2) is 0 Å². The van der Waals surface area contributed by atoms with Crippen molar-refractivity contribution in [2.24, 2.45) is 0 Å². The molecule has 2 aromatic rings. The molecule has 0 saturated carbocycles. The molecule has 0 aliphatic rings. The maximum atomic E-state index is 11.3. The Morgan fingerprint density at radius 1 is 1.48 bits per heavy atom. The molecule has 1 aromatic carbocycles. The number of rotatable bonds is 6. The standard InChI is InChI=1S/C14H19N5O2/c1-4-13(14(20)21)18(3)10(2)11-6-5-7-12(8-11)19-9-15-16-17-19/h5-10,13H,4H2,1-3H3,(H,20,21). The van der Waals surface area contributed by atoms with E-state index >= 15 is 0 Å². The third-order valence-electron chi connectivity index (χ3n) is 3.74. The summed E-state index contributed by atoms with van der Waals surface area (Å²) in [6.45, 7) is 3.86. The molecule has 0 radical (unpaired) electrons. The van der Waals surface area contributed by atoms with Crippen LogP contribution in [-0.4, -0.2) is 49.3 Å². The molecular formula is C14H19N5O2. The normalized spacial score (nSPS) is 14.1. The molecular weight excluding hydrogens is 270 g/mol. The predicted octanol–water partition coefficient (Wildman–Crippen LogP) is 1.52. The van der Waals surface area contributed by atoms with E-state index in [1.807, 2.05) is 50.1 Å². The lowest BCUT2D eigenvalue weighted by Gasteiger charge is -2.30. The van der Waals surface area contributed by atoms with Crippen molar-refractivity contribution in [3.8, 4) is 5.69 Å². The number of nitrogens with zero attached hydrogens (tertiary/aromatic N) is 5. The molecule has 112 valence electrons. The topological polar surface area (TPSA) is 84.1 Å². The van der Waals surface area contributed by atoms with Gasteiger partial charge in [0, 0.05) is 6.04 Å². The molecule has 0 bridgehead atoms. The Hall–Kier alpha value is -2.28. The Kier molecular flexibility index (Phi) is 4.64. The zero-order chi connectivity index (χ0) is 15.4. The number of tetrazole rings is 1. The maximum Gasteiger partial charge on any atom is 0.320 e. The number of aromatic nitrogens is 4. The van der Waals surface area contributed by atoms with Crippen LogP contribution in [0.3, 0.4) is 0 Å². The number of carboxylic acids is 1. The van der Waals surface area contributed by atoms with E-state index in [0.29, 0.717) is 6.42 Å². The fraction of sp³-hybridized carbons (Fsp3) is 0.429. The molecule has 1 heterocycles. The van der Waals surface area contributed by atoms with Gasteiger partial charge in [-0.15, -0.1) is 5.10 Å². The highest BCUT2D eigenvalue weighted by molar-refractivity contribution is 5.73. The lowest BCUT2D eigenvalue weighted by molar-refractivity contribution is -0.143. The highest BCUT2D eigenvalue weighted by atomic mass is 16.4. The van der Waals surface area contributed by atoms with Gasteiger partial charge in [0.05, 0.1) is 5.69 Å². The van der Waals surface area contributed by atoms with Gasteiger partial charge in [0.2, 0.25) is 0 Å². The number of aliphatic carboxylic acids is 1. The zero-order valence-electron chi connectivity index (χ0n) is 12.3. The van der Waals surface area contributed by atoms with Crippen LogP contribution < -0.4 is 0 Å². The van der Waals surface area contributed by atoms with E-state index in [1.54, 1.807) is 4.68 Å². The monoisotopic (exact) mass is 289 g/mol. The summed E-state index contributed by atoms with van der Waals surface area (Å²) < 4.78 is 1.57. The van der Waals surface area contributed by atoms with Crippen molar-refractivity contribution in [1.82, 2.24) is 25.1 Å². The number of carbonyl (C=O) groups is 1. The van der Waals surface area contributed by atoms with E-state index < -0.39 is 12.0 Å². The number of benzene rings is 1. The SMILES string of the molecule is CCC(C(=O)O)N(C)C(C)c1cccc(-n2cnnn2)c1. The van der Waals surface area contributed by atoms with Crippen molar-refractivity contribution >= 4 is 5.97 Å². The molecule has 0 spiro atoms. The van der Waals surface area contributed by atoms with Crippen molar-refractivity contribution in [2.45, 2.75) is 32.4 Å². The van der Waals surface area contributed by atoms with Crippen LogP contribution in [0, 0.1) is 0 Å². The molecule has 0 saturated heterocycles. The first-order chi connectivity index (χ1) is 10.0. The summed E-state index contributed by atoms with van der Waals surface area (Å²) in [6.07, 6.45) is 2.09. The molecule has 1 aromatic heterocycles. The summed E-state index contributed by atoms with van der Waals surface area (Å²) >= 11 is 0. The van der Waals surface area contributed by atoms with Crippen molar-refractivity contribution in [2.75, 3.05) is 7.05 Å². The molecule has 2 rings (SSSR count). The van der Waals surface area contributed by atoms with Gasteiger partial charge < -0.3 is 5.11 Å². The Morgan fingerprint density at radius 3 is 2.81 bits per heavy atom. The second kappa shape index (κ2) is 6.45. The first kappa shape index (κ1) is 15.1. The van der Waals surface area contributed by atoms with Gasteiger partial charge in [0.1, 0.15) is 12.4 Å². The second-order valence-electron chi connectivity index (χ2n) is 4.95. The summed E-state index contributed by atoms with van der Waals surface area (Å²) in [6, 6.07) is 7.23. The minimum absolute atomic E-state index is 0.0255. The Labute approximate surface area is 123 Å². The molecule has 7 nitrogen and oxygen atoms in total. The Morgan fingerprint density at radius 2 is 2.24 bits per heavy atom. The van der Waals surface area contributed by atoms with Gasteiger partial charge in [-0.2, -0.15) is 0 Å². The van der Waals surface area contributed by atoms with Gasteiger partial charge in [-0.25, -0.2) is 4.68 Å². The van der Waals surface area contributed by atoms with Gasteiger partial charge in [-0.3, -0.25) is 9.69 Å². The largest absolute Gasteiger partial charge is 0.480 e. The molecule has 0 aliphatic carbocycles. The first-order valence-corrected chi connectivity index (χ1v) is 6.82. The molecule has 0 amide bonds. The van der Waals surface area contributed by atoms with Gasteiger partial charge in [0.25, 0.3) is 0 Å². The molecule has 21 heavy (non-hydrogen) atoms. The molecule has 1 N–H and O–H groups in total. The predicted molar refractivity (Wildman–Crippen MR) is 77.0 cm³/mol. The van der Waals surface area contributed by atoms with E-state index in [4.69, 9.17) is 0 Å².